The molecule has 0 unspecified atom stereocenters. The molecular formula is C25H30BrN3O5. The molecule has 0 radical (unpaired) electrons. The lowest BCUT2D eigenvalue weighted by Crippen LogP contribution is -2.36. The van der Waals surface area contributed by atoms with Gasteiger partial charge in [-0.1, -0.05) is 12.1 Å². The quantitative estimate of drug-likeness (QED) is 0.443. The number of hydrogen-bond donors (Lipinski definition) is 0. The van der Waals surface area contributed by atoms with Crippen LogP contribution in [0.15, 0.2) is 53.4 Å². The zero-order chi connectivity index (χ0) is 24.5. The van der Waals surface area contributed by atoms with Crippen LogP contribution >= 0.6 is 15.9 Å². The molecule has 1 aliphatic heterocycles. The third-order valence-electron chi connectivity index (χ3n) is 5.34. The van der Waals surface area contributed by atoms with Gasteiger partial charge in [0.05, 0.1) is 53.0 Å². The zero-order valence-electron chi connectivity index (χ0n) is 19.9. The van der Waals surface area contributed by atoms with E-state index in [4.69, 9.17) is 14.2 Å². The van der Waals surface area contributed by atoms with Crippen LogP contribution in [0.3, 0.4) is 0 Å². The first-order valence-electron chi connectivity index (χ1n) is 10.8. The Hall–Kier alpha value is -3.04. The molecule has 1 aliphatic rings. The van der Waals surface area contributed by atoms with E-state index in [0.717, 1.165) is 59.1 Å². The molecule has 1 fully saturated rings. The molecule has 1 aromatic heterocycles. The molecule has 9 heteroatoms. The number of anilines is 1. The lowest BCUT2D eigenvalue weighted by Gasteiger charge is -2.28. The maximum Gasteiger partial charge on any atom is 0.309 e. The van der Waals surface area contributed by atoms with Gasteiger partial charge >= 0.3 is 5.97 Å². The number of benzene rings is 2. The van der Waals surface area contributed by atoms with E-state index in [2.05, 4.69) is 30.6 Å². The number of imidazole rings is 1. The highest BCUT2D eigenvalue weighted by Gasteiger charge is 2.13. The summed E-state index contributed by atoms with van der Waals surface area (Å²) in [6.45, 7) is 3.42. The van der Waals surface area contributed by atoms with Gasteiger partial charge in [-0.15, -0.1) is 0 Å². The van der Waals surface area contributed by atoms with E-state index in [0.29, 0.717) is 6.42 Å². The summed E-state index contributed by atoms with van der Waals surface area (Å²) >= 11 is 3.44. The Kier molecular flexibility index (Phi) is 9.35. The molecule has 4 rings (SSSR count). The van der Waals surface area contributed by atoms with Crippen LogP contribution in [0.4, 0.5) is 5.69 Å². The van der Waals surface area contributed by atoms with E-state index in [-0.39, 0.29) is 5.97 Å². The second-order valence-electron chi connectivity index (χ2n) is 7.64. The van der Waals surface area contributed by atoms with Crippen LogP contribution in [0, 0.1) is 0 Å². The summed E-state index contributed by atoms with van der Waals surface area (Å²) in [7, 11) is 6.59. The van der Waals surface area contributed by atoms with E-state index in [1.54, 1.807) is 20.5 Å². The lowest BCUT2D eigenvalue weighted by atomic mass is 10.1. The van der Waals surface area contributed by atoms with Crippen LogP contribution in [0.1, 0.15) is 5.56 Å². The summed E-state index contributed by atoms with van der Waals surface area (Å²) in [4.78, 5) is 17.7. The SMILES string of the molecule is COC(=O)Cc1ccc(N2CCOCC2)cc1.COc1cc(-c2cn(C)cn2)cc(OC)c1Br. The summed E-state index contributed by atoms with van der Waals surface area (Å²) in [6, 6.07) is 11.9. The van der Waals surface area contributed by atoms with Crippen LogP contribution in [0.2, 0.25) is 0 Å². The highest BCUT2D eigenvalue weighted by Crippen LogP contribution is 2.38. The second kappa shape index (κ2) is 12.4. The largest absolute Gasteiger partial charge is 0.495 e. The molecule has 0 atom stereocenters. The van der Waals surface area contributed by atoms with Crippen molar-refractivity contribution in [2.75, 3.05) is 52.5 Å². The smallest absolute Gasteiger partial charge is 0.309 e. The van der Waals surface area contributed by atoms with E-state index in [9.17, 15) is 4.79 Å². The van der Waals surface area contributed by atoms with Gasteiger partial charge in [0.2, 0.25) is 0 Å². The number of hydrogen-bond acceptors (Lipinski definition) is 7. The van der Waals surface area contributed by atoms with Crippen molar-refractivity contribution in [2.45, 2.75) is 6.42 Å². The fraction of sp³-hybridized carbons (Fsp3) is 0.360. The number of esters is 1. The van der Waals surface area contributed by atoms with E-state index in [1.165, 1.54) is 12.8 Å². The van der Waals surface area contributed by atoms with Crippen LogP contribution in [0.5, 0.6) is 11.5 Å². The van der Waals surface area contributed by atoms with Crippen molar-refractivity contribution in [1.82, 2.24) is 9.55 Å². The molecular weight excluding hydrogens is 502 g/mol. The molecule has 0 aliphatic carbocycles. The Morgan fingerprint density at radius 3 is 2.18 bits per heavy atom. The molecule has 2 aromatic carbocycles. The van der Waals surface area contributed by atoms with Gasteiger partial charge in [0.1, 0.15) is 16.0 Å². The molecule has 34 heavy (non-hydrogen) atoms. The third kappa shape index (κ3) is 6.74. The second-order valence-corrected chi connectivity index (χ2v) is 8.43. The average Bonchev–Trinajstić information content (AvgIpc) is 3.31. The summed E-state index contributed by atoms with van der Waals surface area (Å²) in [5.74, 6) is 1.25. The van der Waals surface area contributed by atoms with E-state index in [1.807, 2.05) is 54.2 Å². The number of aromatic nitrogens is 2. The molecule has 0 saturated carbocycles. The van der Waals surface area contributed by atoms with Gasteiger partial charge in [-0.05, 0) is 45.8 Å². The highest BCUT2D eigenvalue weighted by molar-refractivity contribution is 9.10. The predicted octanol–water partition coefficient (Wildman–Crippen LogP) is 4.11. The summed E-state index contributed by atoms with van der Waals surface area (Å²) in [5, 5.41) is 0. The number of rotatable bonds is 6. The topological polar surface area (TPSA) is 75.0 Å². The number of carbonyl (C=O) groups is 1. The number of morpholine rings is 1. The summed E-state index contributed by atoms with van der Waals surface area (Å²) < 4.78 is 23.2. The maximum atomic E-state index is 11.1. The van der Waals surface area contributed by atoms with Crippen molar-refractivity contribution < 1.29 is 23.7 Å². The first-order valence-corrected chi connectivity index (χ1v) is 11.6. The minimum Gasteiger partial charge on any atom is -0.495 e. The van der Waals surface area contributed by atoms with E-state index >= 15 is 0 Å². The lowest BCUT2D eigenvalue weighted by molar-refractivity contribution is -0.139. The van der Waals surface area contributed by atoms with Gasteiger partial charge in [0, 0.05) is 37.6 Å². The van der Waals surface area contributed by atoms with Gasteiger partial charge in [-0.3, -0.25) is 4.79 Å². The van der Waals surface area contributed by atoms with Gasteiger partial charge in [-0.25, -0.2) is 4.98 Å². The maximum absolute atomic E-state index is 11.1. The van der Waals surface area contributed by atoms with Crippen LogP contribution in [-0.2, 0) is 27.7 Å². The van der Waals surface area contributed by atoms with Gasteiger partial charge < -0.3 is 28.4 Å². The molecule has 0 spiro atoms. The van der Waals surface area contributed by atoms with Crippen LogP contribution < -0.4 is 14.4 Å². The molecule has 0 amide bonds. The van der Waals surface area contributed by atoms with Crippen molar-refractivity contribution in [2.24, 2.45) is 7.05 Å². The number of nitrogens with zero attached hydrogens (tertiary/aromatic N) is 3. The Labute approximate surface area is 208 Å². The number of carbonyl (C=O) groups excluding carboxylic acids is 1. The summed E-state index contributed by atoms with van der Waals surface area (Å²) in [5.41, 5.74) is 4.01. The minimum absolute atomic E-state index is 0.205. The first-order chi connectivity index (χ1) is 16.4. The van der Waals surface area contributed by atoms with Crippen molar-refractivity contribution >= 4 is 27.6 Å². The average molecular weight is 532 g/mol. The number of halogens is 1. The molecule has 2 heterocycles. The molecule has 182 valence electrons. The Balaban J connectivity index is 0.000000191. The van der Waals surface area contributed by atoms with Gasteiger partial charge in [-0.2, -0.15) is 0 Å². The first kappa shape index (κ1) is 25.6. The normalized spacial score (nSPS) is 13.0. The predicted molar refractivity (Wildman–Crippen MR) is 135 cm³/mol. The van der Waals surface area contributed by atoms with Crippen molar-refractivity contribution in [3.8, 4) is 22.8 Å². The number of ether oxygens (including phenoxy) is 4. The van der Waals surface area contributed by atoms with Gasteiger partial charge in [0.25, 0.3) is 0 Å². The molecule has 0 N–H and O–H groups in total. The van der Waals surface area contributed by atoms with Crippen LogP contribution in [0.25, 0.3) is 11.3 Å². The fourth-order valence-corrected chi connectivity index (χ4v) is 4.02. The molecule has 8 nitrogen and oxygen atoms in total. The minimum atomic E-state index is -0.205. The number of aryl methyl sites for hydroxylation is 1. The molecule has 1 saturated heterocycles. The standard InChI is InChI=1S/C13H17NO3.C12H13BrN2O2/c1-16-13(15)10-11-2-4-12(5-3-11)14-6-8-17-9-7-14;1-15-6-9(14-7-15)8-4-10(16-2)12(13)11(5-8)17-3/h2-5H,6-10H2,1H3;4-7H,1-3H3. The summed E-state index contributed by atoms with van der Waals surface area (Å²) in [6.07, 6.45) is 4.04. The fourth-order valence-electron chi connectivity index (χ4n) is 3.46. The Morgan fingerprint density at radius 1 is 1.06 bits per heavy atom. The van der Waals surface area contributed by atoms with E-state index < -0.39 is 0 Å². The molecule has 3 aromatic rings. The Bertz CT molecular complexity index is 1050. The van der Waals surface area contributed by atoms with Crippen molar-refractivity contribution in [1.29, 1.82) is 0 Å². The zero-order valence-corrected chi connectivity index (χ0v) is 21.5. The Morgan fingerprint density at radius 2 is 1.68 bits per heavy atom. The van der Waals surface area contributed by atoms with Gasteiger partial charge in [0.15, 0.2) is 0 Å². The number of methoxy groups -OCH3 is 3. The highest BCUT2D eigenvalue weighted by atomic mass is 79.9. The van der Waals surface area contributed by atoms with Crippen molar-refractivity contribution in [3.05, 3.63) is 59.0 Å². The monoisotopic (exact) mass is 531 g/mol. The van der Waals surface area contributed by atoms with Crippen molar-refractivity contribution in [3.63, 3.8) is 0 Å². The molecule has 0 bridgehead atoms. The van der Waals surface area contributed by atoms with Crippen LogP contribution in [-0.4, -0.2) is 63.2 Å². The third-order valence-corrected chi connectivity index (χ3v) is 6.12.